The summed E-state index contributed by atoms with van der Waals surface area (Å²) in [6.07, 6.45) is 3.74. The van der Waals surface area contributed by atoms with Crippen LogP contribution in [0, 0.1) is 0 Å². The third-order valence-electron chi connectivity index (χ3n) is 1.49. The molecule has 1 heterocycles. The van der Waals surface area contributed by atoms with E-state index >= 15 is 0 Å². The minimum absolute atomic E-state index is 0.293. The van der Waals surface area contributed by atoms with Crippen LogP contribution in [0.3, 0.4) is 0 Å². The highest BCUT2D eigenvalue weighted by molar-refractivity contribution is 6.39. The van der Waals surface area contributed by atoms with Gasteiger partial charge in [-0.3, -0.25) is 4.79 Å². The SMILES string of the molecule is CC(C)OC(=O)C(=O)/C=C/c1ccco1. The Morgan fingerprint density at radius 3 is 2.73 bits per heavy atom. The van der Waals surface area contributed by atoms with Crippen molar-refractivity contribution in [3.63, 3.8) is 0 Å². The largest absolute Gasteiger partial charge is 0.465 e. The molecule has 0 saturated carbocycles. The van der Waals surface area contributed by atoms with Gasteiger partial charge in [0.25, 0.3) is 5.78 Å². The van der Waals surface area contributed by atoms with Gasteiger partial charge in [0.05, 0.1) is 12.4 Å². The fourth-order valence-corrected chi connectivity index (χ4v) is 0.884. The molecule has 0 aliphatic rings. The first kappa shape index (κ1) is 11.2. The van der Waals surface area contributed by atoms with E-state index in [0.29, 0.717) is 5.76 Å². The number of hydrogen-bond donors (Lipinski definition) is 0. The van der Waals surface area contributed by atoms with Crippen LogP contribution in [0.1, 0.15) is 19.6 Å². The quantitative estimate of drug-likeness (QED) is 0.430. The number of ether oxygens (including phenoxy) is 1. The normalized spacial score (nSPS) is 10.9. The summed E-state index contributed by atoms with van der Waals surface area (Å²) in [6.45, 7) is 3.36. The van der Waals surface area contributed by atoms with E-state index in [0.717, 1.165) is 6.08 Å². The summed E-state index contributed by atoms with van der Waals surface area (Å²) in [5, 5.41) is 0. The Kier molecular flexibility index (Phi) is 3.85. The van der Waals surface area contributed by atoms with Gasteiger partial charge in [-0.15, -0.1) is 0 Å². The molecule has 15 heavy (non-hydrogen) atoms. The molecule has 1 rings (SSSR count). The van der Waals surface area contributed by atoms with Crippen molar-refractivity contribution >= 4 is 17.8 Å². The first-order valence-electron chi connectivity index (χ1n) is 4.56. The van der Waals surface area contributed by atoms with Gasteiger partial charge in [-0.1, -0.05) is 0 Å². The summed E-state index contributed by atoms with van der Waals surface area (Å²) >= 11 is 0. The molecule has 0 aliphatic heterocycles. The first-order chi connectivity index (χ1) is 7.09. The molecule has 4 nitrogen and oxygen atoms in total. The van der Waals surface area contributed by atoms with E-state index in [2.05, 4.69) is 0 Å². The lowest BCUT2D eigenvalue weighted by Crippen LogP contribution is -2.19. The van der Waals surface area contributed by atoms with Crippen molar-refractivity contribution in [2.45, 2.75) is 20.0 Å². The number of rotatable bonds is 4. The second-order valence-electron chi connectivity index (χ2n) is 3.17. The maximum Gasteiger partial charge on any atom is 0.379 e. The predicted molar refractivity (Wildman–Crippen MR) is 54.0 cm³/mol. The molecule has 1 aromatic rings. The average molecular weight is 208 g/mol. The fourth-order valence-electron chi connectivity index (χ4n) is 0.884. The minimum Gasteiger partial charge on any atom is -0.465 e. The van der Waals surface area contributed by atoms with Crippen molar-refractivity contribution in [2.24, 2.45) is 0 Å². The molecular weight excluding hydrogens is 196 g/mol. The highest BCUT2D eigenvalue weighted by atomic mass is 16.5. The fraction of sp³-hybridized carbons (Fsp3) is 0.273. The van der Waals surface area contributed by atoms with Crippen LogP contribution in [-0.2, 0) is 14.3 Å². The van der Waals surface area contributed by atoms with Gasteiger partial charge < -0.3 is 9.15 Å². The molecule has 0 unspecified atom stereocenters. The molecule has 0 amide bonds. The highest BCUT2D eigenvalue weighted by Gasteiger charge is 2.13. The topological polar surface area (TPSA) is 56.5 Å². The Balaban J connectivity index is 2.52. The van der Waals surface area contributed by atoms with Crippen LogP contribution >= 0.6 is 0 Å². The lowest BCUT2D eigenvalue weighted by Gasteiger charge is -2.04. The summed E-state index contributed by atoms with van der Waals surface area (Å²) in [6, 6.07) is 3.37. The van der Waals surface area contributed by atoms with Crippen LogP contribution in [0.4, 0.5) is 0 Å². The zero-order valence-corrected chi connectivity index (χ0v) is 8.60. The zero-order chi connectivity index (χ0) is 11.3. The van der Waals surface area contributed by atoms with Crippen LogP contribution in [0.25, 0.3) is 6.08 Å². The molecule has 0 spiro atoms. The van der Waals surface area contributed by atoms with Crippen molar-refractivity contribution in [3.05, 3.63) is 30.2 Å². The number of furan rings is 1. The summed E-state index contributed by atoms with van der Waals surface area (Å²) in [7, 11) is 0. The molecule has 0 aromatic carbocycles. The van der Waals surface area contributed by atoms with E-state index in [1.165, 1.54) is 12.3 Å². The van der Waals surface area contributed by atoms with Crippen LogP contribution < -0.4 is 0 Å². The van der Waals surface area contributed by atoms with E-state index in [1.807, 2.05) is 0 Å². The van der Waals surface area contributed by atoms with Gasteiger partial charge in [-0.05, 0) is 38.1 Å². The maximum atomic E-state index is 11.2. The van der Waals surface area contributed by atoms with Crippen LogP contribution in [-0.4, -0.2) is 17.9 Å². The van der Waals surface area contributed by atoms with Gasteiger partial charge in [0.15, 0.2) is 0 Å². The molecule has 80 valence electrons. The molecule has 0 atom stereocenters. The molecule has 0 aliphatic carbocycles. The summed E-state index contributed by atoms with van der Waals surface area (Å²) in [5.41, 5.74) is 0. The van der Waals surface area contributed by atoms with E-state index < -0.39 is 11.8 Å². The third kappa shape index (κ3) is 3.81. The highest BCUT2D eigenvalue weighted by Crippen LogP contribution is 2.02. The van der Waals surface area contributed by atoms with Crippen molar-refractivity contribution in [2.75, 3.05) is 0 Å². The Morgan fingerprint density at radius 2 is 2.20 bits per heavy atom. The van der Waals surface area contributed by atoms with Crippen molar-refractivity contribution < 1.29 is 18.7 Å². The molecule has 0 bridgehead atoms. The Bertz CT molecular complexity index is 360. The summed E-state index contributed by atoms with van der Waals surface area (Å²) in [4.78, 5) is 22.2. The Hall–Kier alpha value is -1.84. The standard InChI is InChI=1S/C11H12O4/c1-8(2)15-11(13)10(12)6-5-9-4-3-7-14-9/h3-8H,1-2H3/b6-5+. The van der Waals surface area contributed by atoms with Gasteiger partial charge in [-0.25, -0.2) is 4.79 Å². The molecule has 1 aromatic heterocycles. The molecular formula is C11H12O4. The third-order valence-corrected chi connectivity index (χ3v) is 1.49. The molecule has 0 radical (unpaired) electrons. The summed E-state index contributed by atoms with van der Waals surface area (Å²) in [5.74, 6) is -1.03. The van der Waals surface area contributed by atoms with Crippen molar-refractivity contribution in [3.8, 4) is 0 Å². The van der Waals surface area contributed by atoms with Gasteiger partial charge in [0.1, 0.15) is 5.76 Å². The number of carbonyl (C=O) groups excluding carboxylic acids is 2. The van der Waals surface area contributed by atoms with E-state index in [-0.39, 0.29) is 6.10 Å². The smallest absolute Gasteiger partial charge is 0.379 e. The maximum absolute atomic E-state index is 11.2. The number of carbonyl (C=O) groups is 2. The van der Waals surface area contributed by atoms with Gasteiger partial charge in [0, 0.05) is 0 Å². The Labute approximate surface area is 87.5 Å². The van der Waals surface area contributed by atoms with E-state index in [1.54, 1.807) is 26.0 Å². The first-order valence-corrected chi connectivity index (χ1v) is 4.56. The second-order valence-corrected chi connectivity index (χ2v) is 3.17. The van der Waals surface area contributed by atoms with Crippen molar-refractivity contribution in [1.29, 1.82) is 0 Å². The van der Waals surface area contributed by atoms with E-state index in [4.69, 9.17) is 9.15 Å². The second kappa shape index (κ2) is 5.14. The monoisotopic (exact) mass is 208 g/mol. The van der Waals surface area contributed by atoms with E-state index in [9.17, 15) is 9.59 Å². The minimum atomic E-state index is -0.854. The molecule has 0 saturated heterocycles. The lowest BCUT2D eigenvalue weighted by atomic mass is 10.3. The van der Waals surface area contributed by atoms with Crippen molar-refractivity contribution in [1.82, 2.24) is 0 Å². The molecule has 0 N–H and O–H groups in total. The average Bonchev–Trinajstić information content (AvgIpc) is 2.65. The summed E-state index contributed by atoms with van der Waals surface area (Å²) < 4.78 is 9.67. The lowest BCUT2D eigenvalue weighted by molar-refractivity contribution is -0.154. The zero-order valence-electron chi connectivity index (χ0n) is 8.60. The number of ketones is 1. The number of esters is 1. The number of hydrogen-bond acceptors (Lipinski definition) is 4. The predicted octanol–water partition coefficient (Wildman–Crippen LogP) is 1.81. The van der Waals surface area contributed by atoms with Gasteiger partial charge in [0.2, 0.25) is 0 Å². The Morgan fingerprint density at radius 1 is 1.47 bits per heavy atom. The van der Waals surface area contributed by atoms with Crippen LogP contribution in [0.15, 0.2) is 28.9 Å². The van der Waals surface area contributed by atoms with Crippen LogP contribution in [0.5, 0.6) is 0 Å². The molecule has 0 fully saturated rings. The molecule has 4 heteroatoms. The van der Waals surface area contributed by atoms with Gasteiger partial charge >= 0.3 is 5.97 Å². The van der Waals surface area contributed by atoms with Crippen LogP contribution in [0.2, 0.25) is 0 Å². The van der Waals surface area contributed by atoms with Gasteiger partial charge in [-0.2, -0.15) is 0 Å².